The van der Waals surface area contributed by atoms with E-state index in [1.807, 2.05) is 6.92 Å². The van der Waals surface area contributed by atoms with Crippen molar-refractivity contribution < 1.29 is 4.39 Å². The van der Waals surface area contributed by atoms with Gasteiger partial charge in [0.15, 0.2) is 0 Å². The summed E-state index contributed by atoms with van der Waals surface area (Å²) in [4.78, 5) is 0.269. The highest BCUT2D eigenvalue weighted by atomic mass is 79.9. The smallest absolute Gasteiger partial charge is 0.145 e. The maximum atomic E-state index is 13.2. The van der Waals surface area contributed by atoms with Crippen LogP contribution in [0.1, 0.15) is 12.5 Å². The molecule has 0 aliphatic rings. The van der Waals surface area contributed by atoms with Crippen LogP contribution >= 0.6 is 27.5 Å². The quantitative estimate of drug-likeness (QED) is 0.701. The summed E-state index contributed by atoms with van der Waals surface area (Å²) in [5.41, 5.74) is 0.659. The van der Waals surface area contributed by atoms with E-state index < -0.39 is 0 Å². The van der Waals surface area contributed by atoms with Crippen LogP contribution in [0.15, 0.2) is 18.2 Å². The number of halogens is 3. The van der Waals surface area contributed by atoms with Gasteiger partial charge in [-0.15, -0.1) is 0 Å². The summed E-state index contributed by atoms with van der Waals surface area (Å²) >= 11 is 8.97. The zero-order valence-electron chi connectivity index (χ0n) is 6.65. The van der Waals surface area contributed by atoms with Gasteiger partial charge in [0.25, 0.3) is 0 Å². The summed E-state index contributed by atoms with van der Waals surface area (Å²) in [7, 11) is 0. The predicted octanol–water partition coefficient (Wildman–Crippen LogP) is 3.81. The zero-order valence-corrected chi connectivity index (χ0v) is 8.99. The van der Waals surface area contributed by atoms with Gasteiger partial charge in [-0.25, -0.2) is 4.39 Å². The normalized spacial score (nSPS) is 13.0. The molecular formula is C9H9BrClF. The molecule has 0 N–H and O–H groups in total. The third-order valence-electron chi connectivity index (χ3n) is 1.53. The Morgan fingerprint density at radius 2 is 2.25 bits per heavy atom. The Balaban J connectivity index is 2.92. The number of benzene rings is 1. The van der Waals surface area contributed by atoms with Crippen LogP contribution in [0, 0.1) is 5.82 Å². The first-order chi connectivity index (χ1) is 5.61. The molecule has 12 heavy (non-hydrogen) atoms. The van der Waals surface area contributed by atoms with Crippen LogP contribution in [-0.4, -0.2) is 4.83 Å². The fourth-order valence-corrected chi connectivity index (χ4v) is 1.55. The lowest BCUT2D eigenvalue weighted by atomic mass is 10.1. The second-order valence-electron chi connectivity index (χ2n) is 2.70. The molecule has 0 aliphatic carbocycles. The molecule has 0 amide bonds. The molecule has 3 heteroatoms. The number of rotatable bonds is 2. The maximum absolute atomic E-state index is 13.2. The predicted molar refractivity (Wildman–Crippen MR) is 53.5 cm³/mol. The minimum Gasteiger partial charge on any atom is -0.205 e. The number of hydrogen-bond donors (Lipinski definition) is 0. The molecule has 1 aromatic carbocycles. The van der Waals surface area contributed by atoms with Crippen LogP contribution in [0.2, 0.25) is 5.02 Å². The van der Waals surface area contributed by atoms with Gasteiger partial charge in [-0.05, 0) is 18.1 Å². The molecule has 0 saturated carbocycles. The van der Waals surface area contributed by atoms with Crippen molar-refractivity contribution in [3.63, 3.8) is 0 Å². The molecule has 0 saturated heterocycles. The number of alkyl halides is 1. The second kappa shape index (κ2) is 4.24. The average molecular weight is 252 g/mol. The Morgan fingerprint density at radius 3 is 2.83 bits per heavy atom. The van der Waals surface area contributed by atoms with E-state index in [9.17, 15) is 4.39 Å². The Kier molecular flexibility index (Phi) is 3.53. The van der Waals surface area contributed by atoms with Crippen molar-refractivity contribution in [1.82, 2.24) is 0 Å². The zero-order chi connectivity index (χ0) is 9.14. The minimum absolute atomic E-state index is 0.195. The maximum Gasteiger partial charge on any atom is 0.145 e. The third kappa shape index (κ3) is 2.46. The van der Waals surface area contributed by atoms with Gasteiger partial charge in [-0.3, -0.25) is 0 Å². The Morgan fingerprint density at radius 1 is 1.58 bits per heavy atom. The van der Waals surface area contributed by atoms with Gasteiger partial charge in [-0.1, -0.05) is 46.6 Å². The van der Waals surface area contributed by atoms with Crippen LogP contribution in [0.25, 0.3) is 0 Å². The Hall–Kier alpha value is -0.0800. The monoisotopic (exact) mass is 250 g/mol. The van der Waals surface area contributed by atoms with Gasteiger partial charge in [0.1, 0.15) is 5.82 Å². The molecule has 0 spiro atoms. The molecule has 1 rings (SSSR count). The topological polar surface area (TPSA) is 0 Å². The van der Waals surface area contributed by atoms with Crippen LogP contribution < -0.4 is 0 Å². The highest BCUT2D eigenvalue weighted by Gasteiger charge is 2.07. The SMILES string of the molecule is CC(Br)Cc1cccc(Cl)c1F. The van der Waals surface area contributed by atoms with Crippen molar-refractivity contribution in [3.8, 4) is 0 Å². The molecule has 0 nitrogen and oxygen atoms in total. The molecular weight excluding hydrogens is 242 g/mol. The highest BCUT2D eigenvalue weighted by molar-refractivity contribution is 9.09. The van der Waals surface area contributed by atoms with Gasteiger partial charge >= 0.3 is 0 Å². The van der Waals surface area contributed by atoms with E-state index in [-0.39, 0.29) is 15.7 Å². The fourth-order valence-electron chi connectivity index (χ4n) is 1.01. The molecule has 0 bridgehead atoms. The Labute approximate surface area is 84.9 Å². The van der Waals surface area contributed by atoms with E-state index in [4.69, 9.17) is 11.6 Å². The molecule has 1 atom stereocenters. The van der Waals surface area contributed by atoms with E-state index in [1.54, 1.807) is 18.2 Å². The van der Waals surface area contributed by atoms with Crippen LogP contribution in [0.4, 0.5) is 4.39 Å². The lowest BCUT2D eigenvalue weighted by Crippen LogP contribution is -1.99. The van der Waals surface area contributed by atoms with Crippen molar-refractivity contribution in [3.05, 3.63) is 34.6 Å². The first-order valence-electron chi connectivity index (χ1n) is 3.68. The number of hydrogen-bond acceptors (Lipinski definition) is 0. The van der Waals surface area contributed by atoms with E-state index in [0.29, 0.717) is 12.0 Å². The van der Waals surface area contributed by atoms with Crippen LogP contribution in [0.5, 0.6) is 0 Å². The summed E-state index contributed by atoms with van der Waals surface area (Å²) in [6, 6.07) is 5.06. The van der Waals surface area contributed by atoms with Gasteiger partial charge in [0, 0.05) is 4.83 Å². The second-order valence-corrected chi connectivity index (χ2v) is 4.67. The first kappa shape index (κ1) is 10.0. The molecule has 0 fully saturated rings. The van der Waals surface area contributed by atoms with Gasteiger partial charge in [-0.2, -0.15) is 0 Å². The lowest BCUT2D eigenvalue weighted by Gasteiger charge is -2.05. The average Bonchev–Trinajstić information content (AvgIpc) is 1.98. The van der Waals surface area contributed by atoms with Crippen molar-refractivity contribution in [1.29, 1.82) is 0 Å². The van der Waals surface area contributed by atoms with Crippen molar-refractivity contribution in [2.75, 3.05) is 0 Å². The van der Waals surface area contributed by atoms with Crippen molar-refractivity contribution in [2.24, 2.45) is 0 Å². The van der Waals surface area contributed by atoms with Crippen molar-refractivity contribution in [2.45, 2.75) is 18.2 Å². The van der Waals surface area contributed by atoms with Gasteiger partial charge in [0.05, 0.1) is 5.02 Å². The fraction of sp³-hybridized carbons (Fsp3) is 0.333. The van der Waals surface area contributed by atoms with Gasteiger partial charge in [0.2, 0.25) is 0 Å². The molecule has 66 valence electrons. The largest absolute Gasteiger partial charge is 0.205 e. The summed E-state index contributed by atoms with van der Waals surface area (Å²) in [5, 5.41) is 0.195. The standard InChI is InChI=1S/C9H9BrClF/c1-6(10)5-7-3-2-4-8(11)9(7)12/h2-4,6H,5H2,1H3. The van der Waals surface area contributed by atoms with Crippen LogP contribution in [-0.2, 0) is 6.42 Å². The molecule has 0 aromatic heterocycles. The summed E-state index contributed by atoms with van der Waals surface area (Å²) in [5.74, 6) is -0.300. The first-order valence-corrected chi connectivity index (χ1v) is 4.97. The third-order valence-corrected chi connectivity index (χ3v) is 2.15. The summed E-state index contributed by atoms with van der Waals surface area (Å²) < 4.78 is 13.2. The summed E-state index contributed by atoms with van der Waals surface area (Å²) in [6.07, 6.45) is 0.659. The molecule has 0 radical (unpaired) electrons. The molecule has 1 aromatic rings. The van der Waals surface area contributed by atoms with Crippen LogP contribution in [0.3, 0.4) is 0 Å². The van der Waals surface area contributed by atoms with E-state index in [1.165, 1.54) is 0 Å². The lowest BCUT2D eigenvalue weighted by molar-refractivity contribution is 0.609. The van der Waals surface area contributed by atoms with E-state index >= 15 is 0 Å². The minimum atomic E-state index is -0.300. The van der Waals surface area contributed by atoms with E-state index in [2.05, 4.69) is 15.9 Å². The van der Waals surface area contributed by atoms with Gasteiger partial charge < -0.3 is 0 Å². The molecule has 0 heterocycles. The highest BCUT2D eigenvalue weighted by Crippen LogP contribution is 2.20. The molecule has 1 unspecified atom stereocenters. The molecule has 0 aliphatic heterocycles. The summed E-state index contributed by atoms with van der Waals surface area (Å²) in [6.45, 7) is 1.97. The Bertz CT molecular complexity index is 273. The van der Waals surface area contributed by atoms with Crippen molar-refractivity contribution >= 4 is 27.5 Å². The van der Waals surface area contributed by atoms with E-state index in [0.717, 1.165) is 0 Å².